The number of halogens is 1. The summed E-state index contributed by atoms with van der Waals surface area (Å²) in [5.74, 6) is 0. The molecule has 0 aliphatic heterocycles. The zero-order valence-corrected chi connectivity index (χ0v) is 17.4. The highest BCUT2D eigenvalue weighted by atomic mass is 127. The van der Waals surface area contributed by atoms with E-state index in [0.29, 0.717) is 0 Å². The summed E-state index contributed by atoms with van der Waals surface area (Å²) in [4.78, 5) is 2.35. The zero-order valence-electron chi connectivity index (χ0n) is 15.2. The van der Waals surface area contributed by atoms with Crippen molar-refractivity contribution < 1.29 is 0 Å². The van der Waals surface area contributed by atoms with E-state index in [0.717, 1.165) is 11.4 Å². The van der Waals surface area contributed by atoms with Crippen LogP contribution in [0.1, 0.15) is 0 Å². The topological polar surface area (TPSA) is 3.24 Å². The molecule has 1 nitrogen and oxygen atoms in total. The molecule has 0 fully saturated rings. The summed E-state index contributed by atoms with van der Waals surface area (Å²) in [6, 6.07) is 39.0. The minimum Gasteiger partial charge on any atom is -0.310 e. The normalized spacial score (nSPS) is 11.0. The van der Waals surface area contributed by atoms with Crippen LogP contribution < -0.4 is 4.90 Å². The summed E-state index contributed by atoms with van der Waals surface area (Å²) < 4.78 is 1.23. The molecule has 0 atom stereocenters. The molecule has 0 aromatic heterocycles. The van der Waals surface area contributed by atoms with Crippen LogP contribution in [0.5, 0.6) is 0 Å². The van der Waals surface area contributed by atoms with Gasteiger partial charge in [0.05, 0.1) is 5.69 Å². The Bertz CT molecular complexity index is 1270. The maximum atomic E-state index is 2.36. The van der Waals surface area contributed by atoms with Crippen molar-refractivity contribution in [3.05, 3.63) is 113 Å². The molecule has 0 spiro atoms. The van der Waals surface area contributed by atoms with Crippen LogP contribution in [0.4, 0.5) is 17.1 Å². The van der Waals surface area contributed by atoms with Crippen LogP contribution in [0.2, 0.25) is 0 Å². The van der Waals surface area contributed by atoms with E-state index in [1.165, 1.54) is 30.8 Å². The number of hydrogen-bond donors (Lipinski definition) is 0. The van der Waals surface area contributed by atoms with E-state index < -0.39 is 0 Å². The minimum absolute atomic E-state index is 1.16. The molecule has 0 radical (unpaired) electrons. The lowest BCUT2D eigenvalue weighted by atomic mass is 10.0. The first-order valence-corrected chi connectivity index (χ1v) is 10.4. The van der Waals surface area contributed by atoms with Gasteiger partial charge >= 0.3 is 0 Å². The van der Waals surface area contributed by atoms with Gasteiger partial charge < -0.3 is 4.90 Å². The number of nitrogens with zero attached hydrogens (tertiary/aromatic N) is 1. The van der Waals surface area contributed by atoms with Crippen molar-refractivity contribution in [3.8, 4) is 0 Å². The average Bonchev–Trinajstić information content (AvgIpc) is 2.75. The molecule has 0 bridgehead atoms. The highest BCUT2D eigenvalue weighted by Crippen LogP contribution is 2.39. The molecule has 5 rings (SSSR count). The summed E-state index contributed by atoms with van der Waals surface area (Å²) in [6.45, 7) is 0. The second-order valence-electron chi connectivity index (χ2n) is 6.84. The van der Waals surface area contributed by atoms with E-state index in [4.69, 9.17) is 0 Å². The van der Waals surface area contributed by atoms with Crippen LogP contribution >= 0.6 is 22.6 Å². The quantitative estimate of drug-likeness (QED) is 0.241. The Morgan fingerprint density at radius 2 is 1.14 bits per heavy atom. The lowest BCUT2D eigenvalue weighted by Gasteiger charge is -2.27. The van der Waals surface area contributed by atoms with E-state index in [1.807, 2.05) is 0 Å². The third-order valence-corrected chi connectivity index (χ3v) is 5.80. The van der Waals surface area contributed by atoms with Crippen LogP contribution in [0.15, 0.2) is 109 Å². The van der Waals surface area contributed by atoms with Crippen molar-refractivity contribution >= 4 is 61.2 Å². The second-order valence-corrected chi connectivity index (χ2v) is 8.09. The van der Waals surface area contributed by atoms with Gasteiger partial charge in [0.15, 0.2) is 0 Å². The Labute approximate surface area is 178 Å². The lowest BCUT2D eigenvalue weighted by molar-refractivity contribution is 1.30. The minimum atomic E-state index is 1.16. The van der Waals surface area contributed by atoms with Crippen molar-refractivity contribution in [1.29, 1.82) is 0 Å². The Hall–Kier alpha value is -2.85. The van der Waals surface area contributed by atoms with Crippen molar-refractivity contribution in [3.63, 3.8) is 0 Å². The molecule has 5 aromatic carbocycles. The molecule has 0 heterocycles. The van der Waals surface area contributed by atoms with Gasteiger partial charge in [-0.25, -0.2) is 0 Å². The lowest BCUT2D eigenvalue weighted by Crippen LogP contribution is -2.10. The standard InChI is InChI=1S/C26H18IN/c27-22-13-16-23(17-14-22)28(24-15-12-19-6-1-2-8-21(19)18-24)26-11-5-9-20-7-3-4-10-25(20)26/h1-18H. The number of fused-ring (bicyclic) bond motifs is 2. The van der Waals surface area contributed by atoms with Crippen LogP contribution in [0.3, 0.4) is 0 Å². The first-order valence-electron chi connectivity index (χ1n) is 9.32. The number of anilines is 3. The first-order chi connectivity index (χ1) is 13.8. The molecule has 0 N–H and O–H groups in total. The molecule has 0 saturated heterocycles. The van der Waals surface area contributed by atoms with E-state index in [-0.39, 0.29) is 0 Å². The molecule has 2 heteroatoms. The number of hydrogen-bond acceptors (Lipinski definition) is 1. The van der Waals surface area contributed by atoms with Gasteiger partial charge in [-0.15, -0.1) is 0 Å². The fraction of sp³-hybridized carbons (Fsp3) is 0. The number of benzene rings is 5. The summed E-state index contributed by atoms with van der Waals surface area (Å²) in [5.41, 5.74) is 3.51. The maximum absolute atomic E-state index is 2.36. The molecule has 28 heavy (non-hydrogen) atoms. The van der Waals surface area contributed by atoms with E-state index in [1.54, 1.807) is 0 Å². The van der Waals surface area contributed by atoms with Gasteiger partial charge in [0, 0.05) is 20.3 Å². The predicted molar refractivity (Wildman–Crippen MR) is 129 cm³/mol. The monoisotopic (exact) mass is 471 g/mol. The predicted octanol–water partition coefficient (Wildman–Crippen LogP) is 8.07. The molecule has 0 aliphatic carbocycles. The Kier molecular flexibility index (Phi) is 4.49. The zero-order chi connectivity index (χ0) is 18.9. The number of rotatable bonds is 3. The van der Waals surface area contributed by atoms with Gasteiger partial charge in [-0.3, -0.25) is 0 Å². The van der Waals surface area contributed by atoms with E-state index >= 15 is 0 Å². The summed E-state index contributed by atoms with van der Waals surface area (Å²) in [6.07, 6.45) is 0. The van der Waals surface area contributed by atoms with Gasteiger partial charge in [-0.2, -0.15) is 0 Å². The fourth-order valence-electron chi connectivity index (χ4n) is 3.74. The highest BCUT2D eigenvalue weighted by molar-refractivity contribution is 14.1. The fourth-order valence-corrected chi connectivity index (χ4v) is 4.10. The Morgan fingerprint density at radius 3 is 1.96 bits per heavy atom. The summed E-state index contributed by atoms with van der Waals surface area (Å²) in [5, 5.41) is 5.00. The highest BCUT2D eigenvalue weighted by Gasteiger charge is 2.15. The van der Waals surface area contributed by atoms with Crippen molar-refractivity contribution in [2.75, 3.05) is 4.90 Å². The van der Waals surface area contributed by atoms with Crippen LogP contribution in [-0.2, 0) is 0 Å². The van der Waals surface area contributed by atoms with Crippen molar-refractivity contribution in [2.24, 2.45) is 0 Å². The Morgan fingerprint density at radius 1 is 0.500 bits per heavy atom. The maximum Gasteiger partial charge on any atom is 0.0540 e. The van der Waals surface area contributed by atoms with E-state index in [2.05, 4.69) is 137 Å². The largest absolute Gasteiger partial charge is 0.310 e. The van der Waals surface area contributed by atoms with Gasteiger partial charge in [-0.05, 0) is 81.2 Å². The third kappa shape index (κ3) is 3.14. The second kappa shape index (κ2) is 7.28. The molecule has 0 amide bonds. The van der Waals surface area contributed by atoms with Crippen LogP contribution in [-0.4, -0.2) is 0 Å². The molecular weight excluding hydrogens is 453 g/mol. The molecule has 0 aliphatic rings. The molecule has 0 saturated carbocycles. The van der Waals surface area contributed by atoms with Crippen LogP contribution in [0, 0.1) is 3.57 Å². The van der Waals surface area contributed by atoms with Gasteiger partial charge in [0.2, 0.25) is 0 Å². The smallest absolute Gasteiger partial charge is 0.0540 e. The molecule has 0 unspecified atom stereocenters. The van der Waals surface area contributed by atoms with E-state index in [9.17, 15) is 0 Å². The molecule has 5 aromatic rings. The van der Waals surface area contributed by atoms with Gasteiger partial charge in [0.1, 0.15) is 0 Å². The first kappa shape index (κ1) is 17.3. The van der Waals surface area contributed by atoms with Gasteiger partial charge in [0.25, 0.3) is 0 Å². The summed E-state index contributed by atoms with van der Waals surface area (Å²) in [7, 11) is 0. The third-order valence-electron chi connectivity index (χ3n) is 5.08. The molecular formula is C26H18IN. The average molecular weight is 471 g/mol. The summed E-state index contributed by atoms with van der Waals surface area (Å²) >= 11 is 2.36. The Balaban J connectivity index is 1.78. The molecule has 134 valence electrons. The van der Waals surface area contributed by atoms with Gasteiger partial charge in [-0.1, -0.05) is 66.7 Å². The van der Waals surface area contributed by atoms with Crippen molar-refractivity contribution in [1.82, 2.24) is 0 Å². The van der Waals surface area contributed by atoms with Crippen molar-refractivity contribution in [2.45, 2.75) is 0 Å². The SMILES string of the molecule is Ic1ccc(N(c2ccc3ccccc3c2)c2cccc3ccccc23)cc1. The van der Waals surface area contributed by atoms with Crippen LogP contribution in [0.25, 0.3) is 21.5 Å².